The van der Waals surface area contributed by atoms with Gasteiger partial charge in [-0.3, -0.25) is 4.79 Å². The standard InChI is InChI=1S/C14H18ClNO2/c1-14(18-2,9-16-13(17)10-6-7-10)11-4-3-5-12(15)8-11/h3-5,8,10H,6-7,9H2,1-2H3,(H,16,17). The molecule has 0 bridgehead atoms. The monoisotopic (exact) mass is 267 g/mol. The lowest BCUT2D eigenvalue weighted by molar-refractivity contribution is -0.123. The Balaban J connectivity index is 2.06. The third kappa shape index (κ3) is 3.03. The zero-order chi connectivity index (χ0) is 13.2. The highest BCUT2D eigenvalue weighted by atomic mass is 35.5. The van der Waals surface area contributed by atoms with E-state index in [1.165, 1.54) is 0 Å². The number of hydrogen-bond donors (Lipinski definition) is 1. The molecule has 1 aliphatic carbocycles. The summed E-state index contributed by atoms with van der Waals surface area (Å²) in [6, 6.07) is 7.54. The van der Waals surface area contributed by atoms with Crippen molar-refractivity contribution in [3.8, 4) is 0 Å². The second-order valence-corrected chi connectivity index (χ2v) is 5.37. The van der Waals surface area contributed by atoms with Gasteiger partial charge >= 0.3 is 0 Å². The minimum absolute atomic E-state index is 0.125. The number of amides is 1. The van der Waals surface area contributed by atoms with Crippen molar-refractivity contribution in [2.45, 2.75) is 25.4 Å². The van der Waals surface area contributed by atoms with Crippen LogP contribution in [0.4, 0.5) is 0 Å². The van der Waals surface area contributed by atoms with Crippen LogP contribution in [0.3, 0.4) is 0 Å². The first-order valence-electron chi connectivity index (χ1n) is 6.14. The highest BCUT2D eigenvalue weighted by Gasteiger charge is 2.32. The van der Waals surface area contributed by atoms with Crippen LogP contribution in [0.1, 0.15) is 25.3 Å². The third-order valence-corrected chi connectivity index (χ3v) is 3.67. The van der Waals surface area contributed by atoms with Gasteiger partial charge in [-0.05, 0) is 37.5 Å². The Kier molecular flexibility index (Phi) is 3.93. The molecule has 1 unspecified atom stereocenters. The van der Waals surface area contributed by atoms with E-state index >= 15 is 0 Å². The first kappa shape index (κ1) is 13.4. The van der Waals surface area contributed by atoms with Crippen molar-refractivity contribution in [1.29, 1.82) is 0 Å². The molecule has 0 aliphatic heterocycles. The molecule has 1 aromatic rings. The van der Waals surface area contributed by atoms with E-state index < -0.39 is 5.60 Å². The van der Waals surface area contributed by atoms with Gasteiger partial charge in [0.15, 0.2) is 0 Å². The number of hydrogen-bond acceptors (Lipinski definition) is 2. The predicted molar refractivity (Wildman–Crippen MR) is 71.5 cm³/mol. The van der Waals surface area contributed by atoms with Crippen molar-refractivity contribution in [3.63, 3.8) is 0 Å². The highest BCUT2D eigenvalue weighted by Crippen LogP contribution is 2.30. The average molecular weight is 268 g/mol. The van der Waals surface area contributed by atoms with E-state index in [2.05, 4.69) is 5.32 Å². The number of rotatable bonds is 5. The molecule has 1 fully saturated rings. The molecule has 0 radical (unpaired) electrons. The molecule has 1 saturated carbocycles. The van der Waals surface area contributed by atoms with Gasteiger partial charge in [-0.25, -0.2) is 0 Å². The summed E-state index contributed by atoms with van der Waals surface area (Å²) in [5.74, 6) is 0.339. The van der Waals surface area contributed by atoms with E-state index in [4.69, 9.17) is 16.3 Å². The molecule has 3 nitrogen and oxygen atoms in total. The smallest absolute Gasteiger partial charge is 0.223 e. The second-order valence-electron chi connectivity index (χ2n) is 4.94. The number of halogens is 1. The van der Waals surface area contributed by atoms with Gasteiger partial charge in [0, 0.05) is 18.1 Å². The van der Waals surface area contributed by atoms with Crippen LogP contribution in [0, 0.1) is 5.92 Å². The summed E-state index contributed by atoms with van der Waals surface area (Å²) >= 11 is 5.99. The number of benzene rings is 1. The molecule has 98 valence electrons. The van der Waals surface area contributed by atoms with Crippen molar-refractivity contribution in [2.24, 2.45) is 5.92 Å². The van der Waals surface area contributed by atoms with E-state index in [1.807, 2.05) is 31.2 Å². The van der Waals surface area contributed by atoms with E-state index in [0.717, 1.165) is 18.4 Å². The summed E-state index contributed by atoms with van der Waals surface area (Å²) < 4.78 is 5.56. The van der Waals surface area contributed by atoms with E-state index in [9.17, 15) is 4.79 Å². The fourth-order valence-corrected chi connectivity index (χ4v) is 2.05. The van der Waals surface area contributed by atoms with Crippen molar-refractivity contribution in [2.75, 3.05) is 13.7 Å². The van der Waals surface area contributed by atoms with Crippen LogP contribution in [0.2, 0.25) is 5.02 Å². The number of methoxy groups -OCH3 is 1. The summed E-state index contributed by atoms with van der Waals surface area (Å²) in [4.78, 5) is 11.7. The van der Waals surface area contributed by atoms with Crippen molar-refractivity contribution in [1.82, 2.24) is 5.32 Å². The van der Waals surface area contributed by atoms with Gasteiger partial charge in [-0.15, -0.1) is 0 Å². The summed E-state index contributed by atoms with van der Waals surface area (Å²) in [5, 5.41) is 3.62. The van der Waals surface area contributed by atoms with Crippen LogP contribution >= 0.6 is 11.6 Å². The average Bonchev–Trinajstić information content (AvgIpc) is 3.20. The Morgan fingerprint density at radius 3 is 2.83 bits per heavy atom. The number of nitrogens with one attached hydrogen (secondary N) is 1. The Morgan fingerprint density at radius 2 is 2.28 bits per heavy atom. The van der Waals surface area contributed by atoms with Gasteiger partial charge in [0.05, 0.1) is 6.54 Å². The number of carbonyl (C=O) groups excluding carboxylic acids is 1. The van der Waals surface area contributed by atoms with Crippen LogP contribution in [0.15, 0.2) is 24.3 Å². The minimum atomic E-state index is -0.546. The Labute approximate surface area is 112 Å². The molecular formula is C14H18ClNO2. The molecule has 1 aliphatic rings. The predicted octanol–water partition coefficient (Wildman–Crippen LogP) is 2.73. The molecule has 1 N–H and O–H groups in total. The fourth-order valence-electron chi connectivity index (χ4n) is 1.86. The summed E-state index contributed by atoms with van der Waals surface area (Å²) in [7, 11) is 1.64. The van der Waals surface area contributed by atoms with Crippen LogP contribution < -0.4 is 5.32 Å². The molecule has 1 atom stereocenters. The highest BCUT2D eigenvalue weighted by molar-refractivity contribution is 6.30. The number of ether oxygens (including phenoxy) is 1. The lowest BCUT2D eigenvalue weighted by Gasteiger charge is -2.29. The first-order chi connectivity index (χ1) is 8.55. The Morgan fingerprint density at radius 1 is 1.56 bits per heavy atom. The number of carbonyl (C=O) groups is 1. The van der Waals surface area contributed by atoms with Crippen LogP contribution in [0.25, 0.3) is 0 Å². The maximum Gasteiger partial charge on any atom is 0.223 e. The molecule has 0 heterocycles. The van der Waals surface area contributed by atoms with Gasteiger partial charge in [-0.2, -0.15) is 0 Å². The van der Waals surface area contributed by atoms with E-state index in [1.54, 1.807) is 7.11 Å². The Hall–Kier alpha value is -1.06. The van der Waals surface area contributed by atoms with Crippen molar-refractivity contribution < 1.29 is 9.53 Å². The van der Waals surface area contributed by atoms with E-state index in [-0.39, 0.29) is 11.8 Å². The van der Waals surface area contributed by atoms with Gasteiger partial charge in [-0.1, -0.05) is 23.7 Å². The SMILES string of the molecule is COC(C)(CNC(=O)C1CC1)c1cccc(Cl)c1. The lowest BCUT2D eigenvalue weighted by Crippen LogP contribution is -2.40. The maximum atomic E-state index is 11.7. The molecule has 4 heteroatoms. The molecule has 2 rings (SSSR count). The second kappa shape index (κ2) is 5.29. The molecule has 18 heavy (non-hydrogen) atoms. The summed E-state index contributed by atoms with van der Waals surface area (Å²) in [5.41, 5.74) is 0.420. The van der Waals surface area contributed by atoms with Crippen LogP contribution in [-0.2, 0) is 15.1 Å². The van der Waals surface area contributed by atoms with Crippen molar-refractivity contribution >= 4 is 17.5 Å². The molecule has 1 aromatic carbocycles. The fraction of sp³-hybridized carbons (Fsp3) is 0.500. The molecular weight excluding hydrogens is 250 g/mol. The molecule has 0 aromatic heterocycles. The molecule has 0 saturated heterocycles. The largest absolute Gasteiger partial charge is 0.372 e. The van der Waals surface area contributed by atoms with Gasteiger partial charge in [0.25, 0.3) is 0 Å². The molecule has 0 spiro atoms. The van der Waals surface area contributed by atoms with Gasteiger partial charge < -0.3 is 10.1 Å². The van der Waals surface area contributed by atoms with Crippen LogP contribution in [-0.4, -0.2) is 19.6 Å². The topological polar surface area (TPSA) is 38.3 Å². The third-order valence-electron chi connectivity index (χ3n) is 3.43. The van der Waals surface area contributed by atoms with E-state index in [0.29, 0.717) is 11.6 Å². The maximum absolute atomic E-state index is 11.7. The van der Waals surface area contributed by atoms with Crippen LogP contribution in [0.5, 0.6) is 0 Å². The molecule has 1 amide bonds. The first-order valence-corrected chi connectivity index (χ1v) is 6.52. The normalized spacial score (nSPS) is 18.2. The van der Waals surface area contributed by atoms with Gasteiger partial charge in [0.2, 0.25) is 5.91 Å². The minimum Gasteiger partial charge on any atom is -0.372 e. The lowest BCUT2D eigenvalue weighted by atomic mass is 9.95. The summed E-state index contributed by atoms with van der Waals surface area (Å²) in [6.07, 6.45) is 2.01. The van der Waals surface area contributed by atoms with Crippen molar-refractivity contribution in [3.05, 3.63) is 34.9 Å². The zero-order valence-corrected chi connectivity index (χ0v) is 11.5. The Bertz CT molecular complexity index is 445. The van der Waals surface area contributed by atoms with Gasteiger partial charge in [0.1, 0.15) is 5.60 Å². The summed E-state index contributed by atoms with van der Waals surface area (Å²) in [6.45, 7) is 2.41. The zero-order valence-electron chi connectivity index (χ0n) is 10.7. The quantitative estimate of drug-likeness (QED) is 0.891.